The van der Waals surface area contributed by atoms with Crippen molar-refractivity contribution in [2.75, 3.05) is 6.61 Å². The molecule has 0 unspecified atom stereocenters. The molecule has 1 aromatic heterocycles. The number of Topliss-reactive ketones (excluding diaryl/α,β-unsaturated/α-hetero) is 1. The molecule has 0 amide bonds. The van der Waals surface area contributed by atoms with Gasteiger partial charge in [-0.25, -0.2) is 4.79 Å². The van der Waals surface area contributed by atoms with Gasteiger partial charge >= 0.3 is 6.09 Å². The number of rotatable bonds is 2. The lowest BCUT2D eigenvalue weighted by Gasteiger charge is -2.04. The van der Waals surface area contributed by atoms with Gasteiger partial charge in [-0.2, -0.15) is 0 Å². The minimum absolute atomic E-state index is 0.176. The van der Waals surface area contributed by atoms with Crippen molar-refractivity contribution in [3.63, 3.8) is 0 Å². The van der Waals surface area contributed by atoms with Crippen LogP contribution >= 0.6 is 0 Å². The number of aromatic nitrogens is 1. The molecule has 0 aliphatic rings. The van der Waals surface area contributed by atoms with Gasteiger partial charge in [0, 0.05) is 11.6 Å². The molecule has 0 saturated carbocycles. The molecular weight excluding hydrogens is 206 g/mol. The zero-order chi connectivity index (χ0) is 11.5. The van der Waals surface area contributed by atoms with Crippen molar-refractivity contribution in [3.8, 4) is 0 Å². The molecule has 2 aromatic rings. The lowest BCUT2D eigenvalue weighted by atomic mass is 10.2. The van der Waals surface area contributed by atoms with Gasteiger partial charge in [0.05, 0.1) is 5.52 Å². The number of carbonyl (C=O) groups is 2. The second kappa shape index (κ2) is 4.18. The van der Waals surface area contributed by atoms with Gasteiger partial charge in [-0.05, 0) is 19.1 Å². The number of ketones is 1. The summed E-state index contributed by atoms with van der Waals surface area (Å²) in [5.41, 5.74) is 0.774. The highest BCUT2D eigenvalue weighted by molar-refractivity contribution is 5.90. The first-order valence-corrected chi connectivity index (χ1v) is 4.91. The smallest absolute Gasteiger partial charge is 0.418 e. The Labute approximate surface area is 92.4 Å². The number of hydrogen-bond acceptors (Lipinski definition) is 3. The van der Waals surface area contributed by atoms with E-state index in [1.807, 2.05) is 30.3 Å². The van der Waals surface area contributed by atoms with Crippen molar-refractivity contribution < 1.29 is 14.3 Å². The normalized spacial score (nSPS) is 10.3. The Balaban J connectivity index is 2.26. The third-order valence-corrected chi connectivity index (χ3v) is 2.20. The molecule has 0 spiro atoms. The van der Waals surface area contributed by atoms with E-state index in [0.29, 0.717) is 0 Å². The SMILES string of the molecule is CC(=O)COC(=O)n1ccc2ccccc21. The van der Waals surface area contributed by atoms with Crippen molar-refractivity contribution in [2.45, 2.75) is 6.92 Å². The van der Waals surface area contributed by atoms with Gasteiger partial charge in [0.15, 0.2) is 12.4 Å². The first-order chi connectivity index (χ1) is 7.68. The van der Waals surface area contributed by atoms with Crippen LogP contribution < -0.4 is 0 Å². The van der Waals surface area contributed by atoms with E-state index in [0.717, 1.165) is 10.9 Å². The van der Waals surface area contributed by atoms with Gasteiger partial charge in [0.1, 0.15) is 0 Å². The summed E-state index contributed by atoms with van der Waals surface area (Å²) >= 11 is 0. The first kappa shape index (κ1) is 10.4. The monoisotopic (exact) mass is 217 g/mol. The van der Waals surface area contributed by atoms with E-state index >= 15 is 0 Å². The van der Waals surface area contributed by atoms with Gasteiger partial charge in [-0.1, -0.05) is 18.2 Å². The van der Waals surface area contributed by atoms with Crippen molar-refractivity contribution in [3.05, 3.63) is 36.5 Å². The van der Waals surface area contributed by atoms with E-state index in [2.05, 4.69) is 0 Å². The van der Waals surface area contributed by atoms with Crippen molar-refractivity contribution in [2.24, 2.45) is 0 Å². The zero-order valence-corrected chi connectivity index (χ0v) is 8.84. The minimum atomic E-state index is -0.531. The summed E-state index contributed by atoms with van der Waals surface area (Å²) in [6.07, 6.45) is 1.10. The summed E-state index contributed by atoms with van der Waals surface area (Å²) < 4.78 is 6.22. The highest BCUT2D eigenvalue weighted by Crippen LogP contribution is 2.15. The van der Waals surface area contributed by atoms with Crippen LogP contribution in [0.1, 0.15) is 6.92 Å². The molecule has 82 valence electrons. The number of fused-ring (bicyclic) bond motifs is 1. The summed E-state index contributed by atoms with van der Waals surface area (Å²) in [5.74, 6) is -0.176. The second-order valence-corrected chi connectivity index (χ2v) is 3.50. The molecule has 0 fully saturated rings. The lowest BCUT2D eigenvalue weighted by molar-refractivity contribution is -0.119. The molecule has 1 aromatic carbocycles. The molecular formula is C12H11NO3. The Kier molecular flexibility index (Phi) is 2.72. The van der Waals surface area contributed by atoms with Gasteiger partial charge in [0.2, 0.25) is 0 Å². The highest BCUT2D eigenvalue weighted by Gasteiger charge is 2.09. The maximum atomic E-state index is 11.6. The minimum Gasteiger partial charge on any atom is -0.441 e. The number of para-hydroxylation sites is 1. The number of nitrogens with zero attached hydrogens (tertiary/aromatic N) is 1. The topological polar surface area (TPSA) is 48.3 Å². The summed E-state index contributed by atoms with van der Waals surface area (Å²) in [6.45, 7) is 1.19. The predicted molar refractivity (Wildman–Crippen MR) is 59.4 cm³/mol. The van der Waals surface area contributed by atoms with Gasteiger partial charge < -0.3 is 4.74 Å². The van der Waals surface area contributed by atoms with Crippen LogP contribution in [0.3, 0.4) is 0 Å². The second-order valence-electron chi connectivity index (χ2n) is 3.50. The fourth-order valence-electron chi connectivity index (χ4n) is 1.48. The van der Waals surface area contributed by atoms with Crippen molar-refractivity contribution in [1.29, 1.82) is 0 Å². The summed E-state index contributed by atoms with van der Waals surface area (Å²) in [4.78, 5) is 22.3. The number of hydrogen-bond donors (Lipinski definition) is 0. The Morgan fingerprint density at radius 2 is 2.00 bits per heavy atom. The number of carbonyl (C=O) groups excluding carboxylic acids is 2. The van der Waals surface area contributed by atoms with Crippen LogP contribution in [-0.4, -0.2) is 23.1 Å². The predicted octanol–water partition coefficient (Wildman–Crippen LogP) is 2.21. The van der Waals surface area contributed by atoms with E-state index in [1.54, 1.807) is 6.20 Å². The van der Waals surface area contributed by atoms with Crippen LogP contribution in [0.2, 0.25) is 0 Å². The van der Waals surface area contributed by atoms with Gasteiger partial charge in [-0.15, -0.1) is 0 Å². The van der Waals surface area contributed by atoms with E-state index in [-0.39, 0.29) is 12.4 Å². The maximum Gasteiger partial charge on any atom is 0.418 e. The summed E-state index contributed by atoms with van der Waals surface area (Å²) in [7, 11) is 0. The average molecular weight is 217 g/mol. The molecule has 1 heterocycles. The van der Waals surface area contributed by atoms with Crippen LogP contribution in [0.15, 0.2) is 36.5 Å². The van der Waals surface area contributed by atoms with Crippen LogP contribution in [0.25, 0.3) is 10.9 Å². The fraction of sp³-hybridized carbons (Fsp3) is 0.167. The molecule has 0 bridgehead atoms. The fourth-order valence-corrected chi connectivity index (χ4v) is 1.48. The first-order valence-electron chi connectivity index (χ1n) is 4.91. The van der Waals surface area contributed by atoms with Gasteiger partial charge in [-0.3, -0.25) is 9.36 Å². The molecule has 4 heteroatoms. The van der Waals surface area contributed by atoms with Gasteiger partial charge in [0.25, 0.3) is 0 Å². The molecule has 0 aliphatic heterocycles. The van der Waals surface area contributed by atoms with Crippen LogP contribution in [-0.2, 0) is 9.53 Å². The zero-order valence-electron chi connectivity index (χ0n) is 8.84. The maximum absolute atomic E-state index is 11.6. The summed E-state index contributed by atoms with van der Waals surface area (Å²) in [6, 6.07) is 9.30. The van der Waals surface area contributed by atoms with E-state index in [1.165, 1.54) is 11.5 Å². The van der Waals surface area contributed by atoms with Crippen LogP contribution in [0.5, 0.6) is 0 Å². The van der Waals surface area contributed by atoms with Crippen LogP contribution in [0.4, 0.5) is 4.79 Å². The molecule has 16 heavy (non-hydrogen) atoms. The summed E-state index contributed by atoms with van der Waals surface area (Å²) in [5, 5.41) is 0.960. The van der Waals surface area contributed by atoms with Crippen molar-refractivity contribution >= 4 is 22.8 Å². The van der Waals surface area contributed by atoms with Crippen molar-refractivity contribution in [1.82, 2.24) is 4.57 Å². The Bertz CT molecular complexity index is 542. The molecule has 2 rings (SSSR count). The third kappa shape index (κ3) is 1.95. The number of ether oxygens (including phenoxy) is 1. The molecule has 4 nitrogen and oxygen atoms in total. The lowest BCUT2D eigenvalue weighted by Crippen LogP contribution is -2.16. The molecule has 0 aliphatic carbocycles. The Morgan fingerprint density at radius 1 is 1.25 bits per heavy atom. The van der Waals surface area contributed by atoms with E-state index in [4.69, 9.17) is 4.74 Å². The highest BCUT2D eigenvalue weighted by atomic mass is 16.6. The average Bonchev–Trinajstić information content (AvgIpc) is 2.69. The third-order valence-electron chi connectivity index (χ3n) is 2.20. The molecule has 0 atom stereocenters. The van der Waals surface area contributed by atoms with E-state index < -0.39 is 6.09 Å². The van der Waals surface area contributed by atoms with Crippen LogP contribution in [0, 0.1) is 0 Å². The molecule has 0 radical (unpaired) electrons. The Hall–Kier alpha value is -2.10. The molecule has 0 N–H and O–H groups in total. The van der Waals surface area contributed by atoms with E-state index in [9.17, 15) is 9.59 Å². The standard InChI is InChI=1S/C12H11NO3/c1-9(14)8-16-12(15)13-7-6-10-4-2-3-5-11(10)13/h2-7H,8H2,1H3. The number of benzene rings is 1. The molecule has 0 saturated heterocycles. The quantitative estimate of drug-likeness (QED) is 0.774. The largest absolute Gasteiger partial charge is 0.441 e. The Morgan fingerprint density at radius 3 is 2.75 bits per heavy atom.